The number of rotatable bonds is 6. The Labute approximate surface area is 116 Å². The Morgan fingerprint density at radius 1 is 1.40 bits per heavy atom. The van der Waals surface area contributed by atoms with Gasteiger partial charge in [0.1, 0.15) is 11.9 Å². The first-order valence-electron chi connectivity index (χ1n) is 6.46. The van der Waals surface area contributed by atoms with Crippen LogP contribution in [0.25, 0.3) is 0 Å². The van der Waals surface area contributed by atoms with E-state index >= 15 is 0 Å². The summed E-state index contributed by atoms with van der Waals surface area (Å²) in [6, 6.07) is 1.55. The van der Waals surface area contributed by atoms with Crippen molar-refractivity contribution in [2.45, 2.75) is 18.4 Å². The second kappa shape index (κ2) is 6.53. The van der Waals surface area contributed by atoms with Gasteiger partial charge in [-0.3, -0.25) is 9.59 Å². The maximum absolute atomic E-state index is 11.6. The van der Waals surface area contributed by atoms with E-state index in [0.717, 1.165) is 0 Å². The van der Waals surface area contributed by atoms with Gasteiger partial charge >= 0.3 is 0 Å². The van der Waals surface area contributed by atoms with Crippen molar-refractivity contribution in [3.63, 3.8) is 0 Å². The zero-order chi connectivity index (χ0) is 14.4. The van der Waals surface area contributed by atoms with E-state index in [0.29, 0.717) is 18.6 Å². The molecule has 0 aliphatic carbocycles. The third kappa shape index (κ3) is 4.07. The first kappa shape index (κ1) is 14.5. The van der Waals surface area contributed by atoms with E-state index in [1.54, 1.807) is 6.07 Å². The fourth-order valence-corrected chi connectivity index (χ4v) is 1.87. The van der Waals surface area contributed by atoms with Crippen molar-refractivity contribution >= 4 is 11.8 Å². The van der Waals surface area contributed by atoms with Gasteiger partial charge in [-0.25, -0.2) is 0 Å². The number of carbonyl (C=O) groups excluding carboxylic acids is 2. The smallest absolute Gasteiger partial charge is 0.254 e. The lowest BCUT2D eigenvalue weighted by molar-refractivity contribution is -0.122. The van der Waals surface area contributed by atoms with Crippen molar-refractivity contribution in [3.05, 3.63) is 24.2 Å². The molecule has 1 aromatic heterocycles. The molecule has 0 spiro atoms. The van der Waals surface area contributed by atoms with Crippen LogP contribution in [0.5, 0.6) is 0 Å². The highest BCUT2D eigenvalue weighted by atomic mass is 16.5. The third-order valence-corrected chi connectivity index (χ3v) is 3.12. The number of amides is 2. The van der Waals surface area contributed by atoms with Gasteiger partial charge in [0, 0.05) is 32.5 Å². The second-order valence-electron chi connectivity index (χ2n) is 4.82. The van der Waals surface area contributed by atoms with Crippen LogP contribution in [-0.4, -0.2) is 48.8 Å². The van der Waals surface area contributed by atoms with Gasteiger partial charge in [0.15, 0.2) is 0 Å². The molecule has 1 aliphatic heterocycles. The monoisotopic (exact) mass is 282 g/mol. The Balaban J connectivity index is 1.62. The van der Waals surface area contributed by atoms with Gasteiger partial charge in [-0.1, -0.05) is 0 Å². The molecule has 1 unspecified atom stereocenters. The fraction of sp³-hybridized carbons (Fsp3) is 0.538. The second-order valence-corrected chi connectivity index (χ2v) is 4.82. The van der Waals surface area contributed by atoms with E-state index < -0.39 is 5.60 Å². The van der Waals surface area contributed by atoms with Crippen LogP contribution in [0.3, 0.4) is 0 Å². The number of carbonyl (C=O) groups is 2. The molecule has 1 aromatic rings. The summed E-state index contributed by atoms with van der Waals surface area (Å²) in [7, 11) is 0. The van der Waals surface area contributed by atoms with Crippen molar-refractivity contribution in [1.82, 2.24) is 10.6 Å². The van der Waals surface area contributed by atoms with Gasteiger partial charge in [-0.05, 0) is 6.07 Å². The molecule has 3 N–H and O–H groups in total. The molecule has 1 fully saturated rings. The highest BCUT2D eigenvalue weighted by Gasteiger charge is 2.32. The molecule has 7 nitrogen and oxygen atoms in total. The van der Waals surface area contributed by atoms with Crippen molar-refractivity contribution in [2.75, 3.05) is 26.3 Å². The molecule has 0 bridgehead atoms. The molecular formula is C13H18N2O5. The largest absolute Gasteiger partial charge is 0.472 e. The van der Waals surface area contributed by atoms with Crippen LogP contribution in [0.15, 0.2) is 23.0 Å². The van der Waals surface area contributed by atoms with Crippen molar-refractivity contribution in [2.24, 2.45) is 0 Å². The summed E-state index contributed by atoms with van der Waals surface area (Å²) >= 11 is 0. The maximum Gasteiger partial charge on any atom is 0.254 e. The van der Waals surface area contributed by atoms with E-state index in [4.69, 9.17) is 9.15 Å². The maximum atomic E-state index is 11.6. The summed E-state index contributed by atoms with van der Waals surface area (Å²) in [5, 5.41) is 15.2. The Bertz CT molecular complexity index is 451. The molecule has 7 heteroatoms. The summed E-state index contributed by atoms with van der Waals surface area (Å²) in [6.45, 7) is 1.14. The van der Waals surface area contributed by atoms with Gasteiger partial charge < -0.3 is 24.9 Å². The summed E-state index contributed by atoms with van der Waals surface area (Å²) in [5.74, 6) is -0.507. The molecule has 20 heavy (non-hydrogen) atoms. The third-order valence-electron chi connectivity index (χ3n) is 3.12. The quantitative estimate of drug-likeness (QED) is 0.663. The number of furan rings is 1. The minimum absolute atomic E-state index is 0.153. The highest BCUT2D eigenvalue weighted by molar-refractivity contribution is 5.93. The normalized spacial score (nSPS) is 21.6. The van der Waals surface area contributed by atoms with Crippen molar-refractivity contribution in [1.29, 1.82) is 0 Å². The topological polar surface area (TPSA) is 101 Å². The number of hydrogen-bond donors (Lipinski definition) is 3. The SMILES string of the molecule is O=C(CCNC(=O)c1ccoc1)NCC1(O)CCOC1. The molecule has 110 valence electrons. The summed E-state index contributed by atoms with van der Waals surface area (Å²) < 4.78 is 9.87. The van der Waals surface area contributed by atoms with Crippen LogP contribution in [0.1, 0.15) is 23.2 Å². The van der Waals surface area contributed by atoms with E-state index in [-0.39, 0.29) is 37.9 Å². The Morgan fingerprint density at radius 2 is 2.25 bits per heavy atom. The zero-order valence-corrected chi connectivity index (χ0v) is 11.1. The number of hydrogen-bond acceptors (Lipinski definition) is 5. The number of aliphatic hydroxyl groups is 1. The molecule has 2 amide bonds. The molecule has 0 aromatic carbocycles. The first-order chi connectivity index (χ1) is 9.59. The van der Waals surface area contributed by atoms with Crippen LogP contribution in [0, 0.1) is 0 Å². The van der Waals surface area contributed by atoms with Gasteiger partial charge in [-0.15, -0.1) is 0 Å². The van der Waals surface area contributed by atoms with Gasteiger partial charge in [0.25, 0.3) is 5.91 Å². The van der Waals surface area contributed by atoms with E-state index in [1.165, 1.54) is 12.5 Å². The predicted octanol–water partition coefficient (Wildman–Crippen LogP) is -0.333. The highest BCUT2D eigenvalue weighted by Crippen LogP contribution is 2.16. The lowest BCUT2D eigenvalue weighted by Crippen LogP contribution is -2.44. The van der Waals surface area contributed by atoms with Gasteiger partial charge in [0.2, 0.25) is 5.91 Å². The average Bonchev–Trinajstić information content (AvgIpc) is 3.08. The van der Waals surface area contributed by atoms with Gasteiger partial charge in [0.05, 0.1) is 18.4 Å². The minimum atomic E-state index is -0.963. The Morgan fingerprint density at radius 3 is 2.90 bits per heavy atom. The summed E-state index contributed by atoms with van der Waals surface area (Å²) in [6.07, 6.45) is 3.42. The average molecular weight is 282 g/mol. The fourth-order valence-electron chi connectivity index (χ4n) is 1.87. The molecule has 0 saturated carbocycles. The summed E-state index contributed by atoms with van der Waals surface area (Å²) in [5.41, 5.74) is -0.543. The number of nitrogens with one attached hydrogen (secondary N) is 2. The van der Waals surface area contributed by atoms with Crippen molar-refractivity contribution in [3.8, 4) is 0 Å². The minimum Gasteiger partial charge on any atom is -0.472 e. The van der Waals surface area contributed by atoms with Crippen LogP contribution >= 0.6 is 0 Å². The van der Waals surface area contributed by atoms with Crippen LogP contribution < -0.4 is 10.6 Å². The summed E-state index contributed by atoms with van der Waals surface area (Å²) in [4.78, 5) is 23.1. The Kier molecular flexibility index (Phi) is 4.75. The van der Waals surface area contributed by atoms with E-state index in [9.17, 15) is 14.7 Å². The van der Waals surface area contributed by atoms with Crippen molar-refractivity contribution < 1.29 is 23.8 Å². The zero-order valence-electron chi connectivity index (χ0n) is 11.1. The lowest BCUT2D eigenvalue weighted by Gasteiger charge is -2.20. The van der Waals surface area contributed by atoms with E-state index in [2.05, 4.69) is 10.6 Å². The van der Waals surface area contributed by atoms with Crippen LogP contribution in [-0.2, 0) is 9.53 Å². The van der Waals surface area contributed by atoms with Gasteiger partial charge in [-0.2, -0.15) is 0 Å². The molecule has 2 heterocycles. The predicted molar refractivity (Wildman–Crippen MR) is 69.1 cm³/mol. The molecule has 0 radical (unpaired) electrons. The molecule has 1 atom stereocenters. The van der Waals surface area contributed by atoms with E-state index in [1.807, 2.05) is 0 Å². The molecule has 1 saturated heterocycles. The molecule has 1 aliphatic rings. The first-order valence-corrected chi connectivity index (χ1v) is 6.46. The lowest BCUT2D eigenvalue weighted by atomic mass is 10.0. The van der Waals surface area contributed by atoms with Crippen LogP contribution in [0.4, 0.5) is 0 Å². The van der Waals surface area contributed by atoms with Crippen LogP contribution in [0.2, 0.25) is 0 Å². The standard InChI is InChI=1S/C13H18N2O5/c16-11(15-8-13(18)3-6-20-9-13)1-4-14-12(17)10-2-5-19-7-10/h2,5,7,18H,1,3-4,6,8-9H2,(H,14,17)(H,15,16). The molecular weight excluding hydrogens is 264 g/mol. The molecule has 2 rings (SSSR count). The Hall–Kier alpha value is -1.86. The number of ether oxygens (including phenoxy) is 1.